The topological polar surface area (TPSA) is 64.9 Å². The summed E-state index contributed by atoms with van der Waals surface area (Å²) in [5, 5.41) is 15.4. The van der Waals surface area contributed by atoms with Crippen molar-refractivity contribution in [2.24, 2.45) is 0 Å². The highest BCUT2D eigenvalue weighted by molar-refractivity contribution is 6.32. The van der Waals surface area contributed by atoms with Gasteiger partial charge in [-0.1, -0.05) is 17.7 Å². The fourth-order valence-corrected chi connectivity index (χ4v) is 2.24. The van der Waals surface area contributed by atoms with Gasteiger partial charge in [0, 0.05) is 6.54 Å². The average Bonchev–Trinajstić information content (AvgIpc) is 2.55. The van der Waals surface area contributed by atoms with E-state index in [4.69, 9.17) is 16.9 Å². The minimum Gasteiger partial charge on any atom is -0.373 e. The Morgan fingerprint density at radius 1 is 1.44 bits per heavy atom. The highest BCUT2D eigenvalue weighted by Gasteiger charge is 2.21. The molecule has 4 nitrogen and oxygen atoms in total. The number of halogens is 1. The van der Waals surface area contributed by atoms with Crippen LogP contribution in [0.4, 0.5) is 5.69 Å². The van der Waals surface area contributed by atoms with Crippen molar-refractivity contribution in [2.75, 3.05) is 11.9 Å². The first-order valence-electron chi connectivity index (χ1n) is 5.95. The normalized spacial score (nSPS) is 19.6. The third-order valence-corrected chi connectivity index (χ3v) is 3.31. The summed E-state index contributed by atoms with van der Waals surface area (Å²) < 4.78 is 0. The van der Waals surface area contributed by atoms with E-state index in [1.807, 2.05) is 0 Å². The van der Waals surface area contributed by atoms with Crippen molar-refractivity contribution in [3.8, 4) is 6.07 Å². The molecule has 0 spiro atoms. The molecule has 1 amide bonds. The van der Waals surface area contributed by atoms with Crippen LogP contribution < -0.4 is 10.6 Å². The number of hydrogen-bond acceptors (Lipinski definition) is 3. The molecule has 1 aliphatic heterocycles. The largest absolute Gasteiger partial charge is 0.373 e. The molecule has 0 aromatic heterocycles. The quantitative estimate of drug-likeness (QED) is 0.860. The number of amides is 1. The predicted molar refractivity (Wildman–Crippen MR) is 70.4 cm³/mol. The maximum atomic E-state index is 11.8. The molecule has 5 heteroatoms. The highest BCUT2D eigenvalue weighted by atomic mass is 35.5. The SMILES string of the molecule is N#Cc1c(Cl)cccc1N[C@H]1CCCCNC1=O. The first-order chi connectivity index (χ1) is 8.72. The van der Waals surface area contributed by atoms with Crippen LogP contribution in [0.2, 0.25) is 5.02 Å². The lowest BCUT2D eigenvalue weighted by Gasteiger charge is -2.17. The van der Waals surface area contributed by atoms with Gasteiger partial charge in [0.25, 0.3) is 0 Å². The number of carbonyl (C=O) groups excluding carboxylic acids is 1. The van der Waals surface area contributed by atoms with Crippen molar-refractivity contribution in [2.45, 2.75) is 25.3 Å². The molecule has 1 atom stereocenters. The Morgan fingerprint density at radius 3 is 3.06 bits per heavy atom. The summed E-state index contributed by atoms with van der Waals surface area (Å²) in [6.45, 7) is 0.720. The highest BCUT2D eigenvalue weighted by Crippen LogP contribution is 2.24. The number of hydrogen-bond donors (Lipinski definition) is 2. The molecule has 1 aliphatic rings. The van der Waals surface area contributed by atoms with E-state index in [9.17, 15) is 4.79 Å². The molecule has 94 valence electrons. The summed E-state index contributed by atoms with van der Waals surface area (Å²) >= 11 is 5.95. The van der Waals surface area contributed by atoms with Gasteiger partial charge in [0.05, 0.1) is 16.3 Å². The maximum absolute atomic E-state index is 11.8. The van der Waals surface area contributed by atoms with Gasteiger partial charge in [0.15, 0.2) is 0 Å². The summed E-state index contributed by atoms with van der Waals surface area (Å²) in [5.74, 6) is -0.0173. The fraction of sp³-hybridized carbons (Fsp3) is 0.385. The Hall–Kier alpha value is -1.73. The Kier molecular flexibility index (Phi) is 4.06. The van der Waals surface area contributed by atoms with E-state index in [1.54, 1.807) is 18.2 Å². The number of nitriles is 1. The summed E-state index contributed by atoms with van der Waals surface area (Å²) in [4.78, 5) is 11.8. The minimum absolute atomic E-state index is 0.0173. The first kappa shape index (κ1) is 12.7. The second kappa shape index (κ2) is 5.74. The maximum Gasteiger partial charge on any atom is 0.242 e. The van der Waals surface area contributed by atoms with Crippen molar-refractivity contribution < 1.29 is 4.79 Å². The number of benzene rings is 1. The van der Waals surface area contributed by atoms with Crippen LogP contribution in [-0.2, 0) is 4.79 Å². The van der Waals surface area contributed by atoms with Crippen LogP contribution in [0.5, 0.6) is 0 Å². The molecule has 1 saturated heterocycles. The van der Waals surface area contributed by atoms with Crippen LogP contribution in [0.1, 0.15) is 24.8 Å². The van der Waals surface area contributed by atoms with Crippen molar-refractivity contribution in [1.29, 1.82) is 5.26 Å². The monoisotopic (exact) mass is 263 g/mol. The minimum atomic E-state index is -0.293. The van der Waals surface area contributed by atoms with Crippen molar-refractivity contribution >= 4 is 23.2 Å². The zero-order chi connectivity index (χ0) is 13.0. The molecule has 1 heterocycles. The molecule has 18 heavy (non-hydrogen) atoms. The predicted octanol–water partition coefficient (Wildman–Crippen LogP) is 2.29. The summed E-state index contributed by atoms with van der Waals surface area (Å²) in [7, 11) is 0. The molecular weight excluding hydrogens is 250 g/mol. The molecular formula is C13H14ClN3O. The van der Waals surface area contributed by atoms with Crippen LogP contribution in [0.25, 0.3) is 0 Å². The summed E-state index contributed by atoms with van der Waals surface area (Å²) in [6, 6.07) is 6.96. The smallest absolute Gasteiger partial charge is 0.242 e. The van der Waals surface area contributed by atoms with Gasteiger partial charge in [-0.3, -0.25) is 4.79 Å². The van der Waals surface area contributed by atoms with Gasteiger partial charge in [0.1, 0.15) is 12.1 Å². The van der Waals surface area contributed by atoms with E-state index in [-0.39, 0.29) is 11.9 Å². The second-order valence-electron chi connectivity index (χ2n) is 4.26. The van der Waals surface area contributed by atoms with Gasteiger partial charge in [-0.15, -0.1) is 0 Å². The molecule has 0 radical (unpaired) electrons. The van der Waals surface area contributed by atoms with Gasteiger partial charge in [-0.2, -0.15) is 5.26 Å². The van der Waals surface area contributed by atoms with Gasteiger partial charge < -0.3 is 10.6 Å². The molecule has 2 N–H and O–H groups in total. The van der Waals surface area contributed by atoms with E-state index in [0.717, 1.165) is 25.8 Å². The summed E-state index contributed by atoms with van der Waals surface area (Å²) in [6.07, 6.45) is 2.74. The third kappa shape index (κ3) is 2.74. The van der Waals surface area contributed by atoms with Crippen molar-refractivity contribution in [3.05, 3.63) is 28.8 Å². The third-order valence-electron chi connectivity index (χ3n) is 2.99. The Balaban J connectivity index is 2.20. The molecule has 1 fully saturated rings. The van der Waals surface area contributed by atoms with Crippen molar-refractivity contribution in [3.63, 3.8) is 0 Å². The molecule has 0 bridgehead atoms. The van der Waals surface area contributed by atoms with Gasteiger partial charge >= 0.3 is 0 Å². The van der Waals surface area contributed by atoms with Crippen LogP contribution in [0.15, 0.2) is 18.2 Å². The summed E-state index contributed by atoms with van der Waals surface area (Å²) in [5.41, 5.74) is 1.00. The van der Waals surface area contributed by atoms with Crippen LogP contribution in [-0.4, -0.2) is 18.5 Å². The van der Waals surface area contributed by atoms with Crippen LogP contribution in [0.3, 0.4) is 0 Å². The lowest BCUT2D eigenvalue weighted by atomic mass is 10.1. The molecule has 2 rings (SSSR count). The zero-order valence-electron chi connectivity index (χ0n) is 9.87. The Bertz CT molecular complexity index is 495. The van der Waals surface area contributed by atoms with Gasteiger partial charge in [-0.25, -0.2) is 0 Å². The van der Waals surface area contributed by atoms with Gasteiger partial charge in [-0.05, 0) is 31.4 Å². The van der Waals surface area contributed by atoms with E-state index in [1.165, 1.54) is 0 Å². The van der Waals surface area contributed by atoms with E-state index < -0.39 is 0 Å². The number of nitrogens with one attached hydrogen (secondary N) is 2. The number of rotatable bonds is 2. The van der Waals surface area contributed by atoms with E-state index >= 15 is 0 Å². The zero-order valence-corrected chi connectivity index (χ0v) is 10.6. The van der Waals surface area contributed by atoms with Crippen LogP contribution >= 0.6 is 11.6 Å². The van der Waals surface area contributed by atoms with E-state index in [2.05, 4.69) is 16.7 Å². The molecule has 1 aromatic carbocycles. The number of carbonyl (C=O) groups is 1. The average molecular weight is 264 g/mol. The Morgan fingerprint density at radius 2 is 2.28 bits per heavy atom. The van der Waals surface area contributed by atoms with E-state index in [0.29, 0.717) is 16.3 Å². The van der Waals surface area contributed by atoms with Crippen molar-refractivity contribution in [1.82, 2.24) is 5.32 Å². The number of anilines is 1. The first-order valence-corrected chi connectivity index (χ1v) is 6.33. The lowest BCUT2D eigenvalue weighted by Crippen LogP contribution is -2.38. The second-order valence-corrected chi connectivity index (χ2v) is 4.67. The number of nitrogens with zero attached hydrogens (tertiary/aromatic N) is 1. The molecule has 0 aliphatic carbocycles. The molecule has 1 aromatic rings. The molecule has 0 unspecified atom stereocenters. The Labute approximate surface area is 111 Å². The lowest BCUT2D eigenvalue weighted by molar-refractivity contribution is -0.121. The van der Waals surface area contributed by atoms with Gasteiger partial charge in [0.2, 0.25) is 5.91 Å². The standard InChI is InChI=1S/C13H14ClN3O/c14-10-4-3-6-11(9(10)8-15)17-12-5-1-2-7-16-13(12)18/h3-4,6,12,17H,1-2,5,7H2,(H,16,18)/t12-/m0/s1. The van der Waals surface area contributed by atoms with Crippen LogP contribution in [0, 0.1) is 11.3 Å². The molecule has 0 saturated carbocycles. The fourth-order valence-electron chi connectivity index (χ4n) is 2.02.